The lowest BCUT2D eigenvalue weighted by Crippen LogP contribution is -2.25. The lowest BCUT2D eigenvalue weighted by atomic mass is 10.1. The molecular formula is C22H18N2O4. The molecule has 28 heavy (non-hydrogen) atoms. The van der Waals surface area contributed by atoms with Crippen LogP contribution >= 0.6 is 0 Å². The molecule has 0 spiro atoms. The molecule has 0 saturated carbocycles. The minimum atomic E-state index is -0.277. The van der Waals surface area contributed by atoms with Gasteiger partial charge in [-0.25, -0.2) is 0 Å². The maximum atomic E-state index is 12.5. The molecule has 0 unspecified atom stereocenters. The minimum absolute atomic E-state index is 0.0166. The first-order valence-corrected chi connectivity index (χ1v) is 8.82. The Labute approximate surface area is 162 Å². The average molecular weight is 374 g/mol. The van der Waals surface area contributed by atoms with Crippen molar-refractivity contribution in [1.29, 1.82) is 0 Å². The zero-order valence-corrected chi connectivity index (χ0v) is 15.0. The molecule has 1 aliphatic heterocycles. The Bertz CT molecular complexity index is 1000. The van der Waals surface area contributed by atoms with Crippen LogP contribution in [0.3, 0.4) is 0 Å². The molecule has 0 aliphatic carbocycles. The lowest BCUT2D eigenvalue weighted by Gasteiger charge is -2.18. The van der Waals surface area contributed by atoms with Crippen molar-refractivity contribution in [3.05, 3.63) is 83.9 Å². The van der Waals surface area contributed by atoms with E-state index >= 15 is 0 Å². The van der Waals surface area contributed by atoms with Gasteiger partial charge in [0.05, 0.1) is 5.69 Å². The molecular weight excluding hydrogens is 356 g/mol. The third-order valence-corrected chi connectivity index (χ3v) is 4.24. The van der Waals surface area contributed by atoms with E-state index in [0.29, 0.717) is 29.3 Å². The van der Waals surface area contributed by atoms with Gasteiger partial charge in [0.15, 0.2) is 6.61 Å². The first-order chi connectivity index (χ1) is 13.7. The number of ether oxygens (including phenoxy) is 2. The predicted octanol–water partition coefficient (Wildman–Crippen LogP) is 3.85. The van der Waals surface area contributed by atoms with E-state index in [4.69, 9.17) is 9.47 Å². The summed E-state index contributed by atoms with van der Waals surface area (Å²) >= 11 is 0. The van der Waals surface area contributed by atoms with Crippen LogP contribution in [0.2, 0.25) is 0 Å². The first-order valence-electron chi connectivity index (χ1n) is 8.82. The van der Waals surface area contributed by atoms with Gasteiger partial charge in [-0.05, 0) is 48.0 Å². The van der Waals surface area contributed by atoms with Gasteiger partial charge >= 0.3 is 0 Å². The summed E-state index contributed by atoms with van der Waals surface area (Å²) in [7, 11) is 0. The van der Waals surface area contributed by atoms with E-state index in [1.807, 2.05) is 30.3 Å². The molecule has 2 N–H and O–H groups in total. The fourth-order valence-corrected chi connectivity index (χ4v) is 2.80. The maximum absolute atomic E-state index is 12.5. The van der Waals surface area contributed by atoms with Crippen LogP contribution in [-0.4, -0.2) is 18.4 Å². The predicted molar refractivity (Wildman–Crippen MR) is 106 cm³/mol. The zero-order valence-electron chi connectivity index (χ0n) is 15.0. The smallest absolute Gasteiger partial charge is 0.262 e. The van der Waals surface area contributed by atoms with Crippen molar-refractivity contribution in [1.82, 2.24) is 0 Å². The number of nitrogens with one attached hydrogen (secondary N) is 2. The summed E-state index contributed by atoms with van der Waals surface area (Å²) < 4.78 is 11.0. The van der Waals surface area contributed by atoms with Gasteiger partial charge < -0.3 is 20.1 Å². The van der Waals surface area contributed by atoms with Crippen molar-refractivity contribution in [2.75, 3.05) is 17.2 Å². The van der Waals surface area contributed by atoms with Crippen molar-refractivity contribution in [2.24, 2.45) is 0 Å². The standard InChI is InChI=1S/C22H18N2O4/c25-21-14-28-20-11-6-16(12-19(20)24-21)22(26)23-17-7-9-18(10-8-17)27-13-15-4-2-1-3-5-15/h1-12H,13-14H2,(H,23,26)(H,24,25). The van der Waals surface area contributed by atoms with E-state index in [9.17, 15) is 9.59 Å². The van der Waals surface area contributed by atoms with Crippen LogP contribution in [-0.2, 0) is 11.4 Å². The van der Waals surface area contributed by atoms with Gasteiger partial charge in [0.1, 0.15) is 18.1 Å². The summed E-state index contributed by atoms with van der Waals surface area (Å²) in [5, 5.41) is 5.52. The van der Waals surface area contributed by atoms with E-state index in [-0.39, 0.29) is 18.4 Å². The molecule has 6 heteroatoms. The molecule has 3 aromatic rings. The Kier molecular flexibility index (Phi) is 4.93. The number of carbonyl (C=O) groups is 2. The quantitative estimate of drug-likeness (QED) is 0.711. The maximum Gasteiger partial charge on any atom is 0.262 e. The second-order valence-electron chi connectivity index (χ2n) is 6.30. The largest absolute Gasteiger partial charge is 0.489 e. The Balaban J connectivity index is 1.38. The van der Waals surface area contributed by atoms with Gasteiger partial charge in [-0.1, -0.05) is 30.3 Å². The van der Waals surface area contributed by atoms with Gasteiger partial charge in [0, 0.05) is 11.3 Å². The zero-order chi connectivity index (χ0) is 19.3. The summed E-state index contributed by atoms with van der Waals surface area (Å²) in [6, 6.07) is 22.0. The third-order valence-electron chi connectivity index (χ3n) is 4.24. The molecule has 140 valence electrons. The second kappa shape index (κ2) is 7.84. The molecule has 0 atom stereocenters. The molecule has 3 aromatic carbocycles. The summed E-state index contributed by atoms with van der Waals surface area (Å²) in [4.78, 5) is 23.9. The van der Waals surface area contributed by atoms with Crippen LogP contribution < -0.4 is 20.1 Å². The van der Waals surface area contributed by atoms with Crippen molar-refractivity contribution in [3.63, 3.8) is 0 Å². The summed E-state index contributed by atoms with van der Waals surface area (Å²) in [5.74, 6) is 0.753. The SMILES string of the molecule is O=C1COc2ccc(C(=O)Nc3ccc(OCc4ccccc4)cc3)cc2N1. The molecule has 1 aliphatic rings. The van der Waals surface area contributed by atoms with Gasteiger partial charge in [0.2, 0.25) is 0 Å². The molecule has 6 nitrogen and oxygen atoms in total. The highest BCUT2D eigenvalue weighted by atomic mass is 16.5. The van der Waals surface area contributed by atoms with Crippen molar-refractivity contribution in [2.45, 2.75) is 6.61 Å². The number of amides is 2. The molecule has 1 heterocycles. The van der Waals surface area contributed by atoms with E-state index in [0.717, 1.165) is 11.3 Å². The van der Waals surface area contributed by atoms with Crippen LogP contribution in [0.1, 0.15) is 15.9 Å². The molecule has 2 amide bonds. The van der Waals surface area contributed by atoms with Crippen molar-refractivity contribution >= 4 is 23.2 Å². The number of rotatable bonds is 5. The Morgan fingerprint density at radius 3 is 2.61 bits per heavy atom. The number of anilines is 2. The minimum Gasteiger partial charge on any atom is -0.489 e. The number of fused-ring (bicyclic) bond motifs is 1. The van der Waals surface area contributed by atoms with Crippen molar-refractivity contribution < 1.29 is 19.1 Å². The van der Waals surface area contributed by atoms with Gasteiger partial charge in [0.25, 0.3) is 11.8 Å². The third kappa shape index (κ3) is 4.12. The number of hydrogen-bond donors (Lipinski definition) is 2. The molecule has 0 bridgehead atoms. The highest BCUT2D eigenvalue weighted by Crippen LogP contribution is 2.28. The number of carbonyl (C=O) groups excluding carboxylic acids is 2. The van der Waals surface area contributed by atoms with Gasteiger partial charge in [-0.3, -0.25) is 9.59 Å². The monoisotopic (exact) mass is 374 g/mol. The summed E-state index contributed by atoms with van der Waals surface area (Å²) in [6.45, 7) is 0.465. The fourth-order valence-electron chi connectivity index (χ4n) is 2.80. The van der Waals surface area contributed by atoms with E-state index in [1.54, 1.807) is 42.5 Å². The van der Waals surface area contributed by atoms with Crippen LogP contribution in [0.5, 0.6) is 11.5 Å². The topological polar surface area (TPSA) is 76.7 Å². The van der Waals surface area contributed by atoms with Crippen LogP contribution in [0, 0.1) is 0 Å². The summed E-state index contributed by atoms with van der Waals surface area (Å²) in [6.07, 6.45) is 0. The second-order valence-corrected chi connectivity index (χ2v) is 6.30. The highest BCUT2D eigenvalue weighted by molar-refractivity contribution is 6.06. The van der Waals surface area contributed by atoms with Gasteiger partial charge in [-0.15, -0.1) is 0 Å². The van der Waals surface area contributed by atoms with E-state index < -0.39 is 0 Å². The van der Waals surface area contributed by atoms with Crippen LogP contribution in [0.4, 0.5) is 11.4 Å². The Morgan fingerprint density at radius 2 is 1.82 bits per heavy atom. The van der Waals surface area contributed by atoms with Crippen LogP contribution in [0.25, 0.3) is 0 Å². The molecule has 0 aromatic heterocycles. The van der Waals surface area contributed by atoms with Crippen LogP contribution in [0.15, 0.2) is 72.8 Å². The average Bonchev–Trinajstić information content (AvgIpc) is 2.73. The fraction of sp³-hybridized carbons (Fsp3) is 0.0909. The number of hydrogen-bond acceptors (Lipinski definition) is 4. The summed E-state index contributed by atoms with van der Waals surface area (Å²) in [5.41, 5.74) is 2.65. The Hall–Kier alpha value is -3.80. The molecule has 0 saturated heterocycles. The molecule has 0 fully saturated rings. The first kappa shape index (κ1) is 17.6. The van der Waals surface area contributed by atoms with Crippen molar-refractivity contribution in [3.8, 4) is 11.5 Å². The van der Waals surface area contributed by atoms with E-state index in [2.05, 4.69) is 10.6 Å². The normalized spacial score (nSPS) is 12.4. The highest BCUT2D eigenvalue weighted by Gasteiger charge is 2.17. The van der Waals surface area contributed by atoms with E-state index in [1.165, 1.54) is 0 Å². The van der Waals surface area contributed by atoms with Gasteiger partial charge in [-0.2, -0.15) is 0 Å². The number of benzene rings is 3. The Morgan fingerprint density at radius 1 is 1.04 bits per heavy atom. The lowest BCUT2D eigenvalue weighted by molar-refractivity contribution is -0.118. The molecule has 0 radical (unpaired) electrons. The molecule has 4 rings (SSSR count).